The van der Waals surface area contributed by atoms with E-state index < -0.39 is 0 Å². The highest BCUT2D eigenvalue weighted by Crippen LogP contribution is 2.23. The van der Waals surface area contributed by atoms with Gasteiger partial charge in [0.25, 0.3) is 0 Å². The van der Waals surface area contributed by atoms with Crippen LogP contribution in [0, 0.1) is 13.8 Å². The van der Waals surface area contributed by atoms with E-state index in [2.05, 4.69) is 37.4 Å². The summed E-state index contributed by atoms with van der Waals surface area (Å²) in [5, 5.41) is 4.56. The van der Waals surface area contributed by atoms with Crippen LogP contribution in [0.5, 0.6) is 0 Å². The maximum absolute atomic E-state index is 5.98. The summed E-state index contributed by atoms with van der Waals surface area (Å²) in [7, 11) is 0. The number of aryl methyl sites for hydroxylation is 2. The Morgan fingerprint density at radius 3 is 2.33 bits per heavy atom. The summed E-state index contributed by atoms with van der Waals surface area (Å²) in [4.78, 5) is 0. The highest BCUT2D eigenvalue weighted by Gasteiger charge is 2.00. The van der Waals surface area contributed by atoms with Crippen LogP contribution in [0.15, 0.2) is 36.4 Å². The summed E-state index contributed by atoms with van der Waals surface area (Å²) in [5.41, 5.74) is 4.82. The fourth-order valence-electron chi connectivity index (χ4n) is 1.71. The molecule has 0 saturated carbocycles. The zero-order valence-electron chi connectivity index (χ0n) is 10.4. The van der Waals surface area contributed by atoms with Crippen LogP contribution in [0.1, 0.15) is 16.7 Å². The topological polar surface area (TPSA) is 12.0 Å². The first kappa shape index (κ1) is 13.3. The van der Waals surface area contributed by atoms with Gasteiger partial charge in [-0.25, -0.2) is 0 Å². The van der Waals surface area contributed by atoms with E-state index in [4.69, 9.17) is 23.2 Å². The quantitative estimate of drug-likeness (QED) is 0.812. The van der Waals surface area contributed by atoms with Crippen molar-refractivity contribution in [2.75, 3.05) is 5.32 Å². The van der Waals surface area contributed by atoms with Gasteiger partial charge < -0.3 is 5.32 Å². The van der Waals surface area contributed by atoms with E-state index in [9.17, 15) is 0 Å². The number of hydrogen-bond acceptors (Lipinski definition) is 1. The lowest BCUT2D eigenvalue weighted by Gasteiger charge is -2.09. The molecule has 2 rings (SSSR count). The normalized spacial score (nSPS) is 10.4. The zero-order valence-corrected chi connectivity index (χ0v) is 11.9. The van der Waals surface area contributed by atoms with Gasteiger partial charge >= 0.3 is 0 Å². The summed E-state index contributed by atoms with van der Waals surface area (Å²) in [6, 6.07) is 12.0. The van der Waals surface area contributed by atoms with Gasteiger partial charge in [0.15, 0.2) is 0 Å². The largest absolute Gasteiger partial charge is 0.381 e. The molecule has 1 N–H and O–H groups in total. The van der Waals surface area contributed by atoms with Gasteiger partial charge in [-0.15, -0.1) is 0 Å². The third-order valence-electron chi connectivity index (χ3n) is 2.99. The molecular weight excluding hydrogens is 265 g/mol. The van der Waals surface area contributed by atoms with Gasteiger partial charge in [0, 0.05) is 12.2 Å². The second kappa shape index (κ2) is 5.64. The smallest absolute Gasteiger partial charge is 0.0595 e. The van der Waals surface area contributed by atoms with Crippen LogP contribution in [-0.4, -0.2) is 0 Å². The molecule has 0 radical (unpaired) electrons. The van der Waals surface area contributed by atoms with Gasteiger partial charge in [0.05, 0.1) is 10.0 Å². The fourth-order valence-corrected chi connectivity index (χ4v) is 2.03. The lowest BCUT2D eigenvalue weighted by molar-refractivity contribution is 1.14. The number of benzene rings is 2. The van der Waals surface area contributed by atoms with E-state index >= 15 is 0 Å². The van der Waals surface area contributed by atoms with Crippen LogP contribution in [0.4, 0.5) is 5.69 Å². The summed E-state index contributed by atoms with van der Waals surface area (Å²) < 4.78 is 0. The molecule has 18 heavy (non-hydrogen) atoms. The molecule has 3 heteroatoms. The average Bonchev–Trinajstić information content (AvgIpc) is 2.35. The predicted octanol–water partition coefficient (Wildman–Crippen LogP) is 5.22. The molecule has 2 aromatic carbocycles. The molecule has 0 spiro atoms. The molecule has 0 fully saturated rings. The third kappa shape index (κ3) is 3.18. The third-order valence-corrected chi connectivity index (χ3v) is 3.73. The van der Waals surface area contributed by atoms with Crippen LogP contribution >= 0.6 is 23.2 Å². The van der Waals surface area contributed by atoms with Crippen molar-refractivity contribution in [3.8, 4) is 0 Å². The number of hydrogen-bond donors (Lipinski definition) is 1. The second-order valence-corrected chi connectivity index (χ2v) is 5.22. The Bertz CT molecular complexity index is 513. The molecule has 2 aromatic rings. The predicted molar refractivity (Wildman–Crippen MR) is 79.7 cm³/mol. The lowest BCUT2D eigenvalue weighted by atomic mass is 10.1. The highest BCUT2D eigenvalue weighted by atomic mass is 35.5. The molecule has 1 nitrogen and oxygen atoms in total. The van der Waals surface area contributed by atoms with Crippen LogP contribution in [0.3, 0.4) is 0 Å². The maximum Gasteiger partial charge on any atom is 0.0595 e. The van der Waals surface area contributed by atoms with Crippen molar-refractivity contribution in [2.24, 2.45) is 0 Å². The first-order chi connectivity index (χ1) is 8.56. The van der Waals surface area contributed by atoms with E-state index in [0.717, 1.165) is 17.8 Å². The monoisotopic (exact) mass is 279 g/mol. The minimum absolute atomic E-state index is 0.589. The van der Waals surface area contributed by atoms with Crippen molar-refractivity contribution in [3.05, 3.63) is 63.1 Å². The van der Waals surface area contributed by atoms with Crippen molar-refractivity contribution in [1.29, 1.82) is 0 Å². The van der Waals surface area contributed by atoms with Gasteiger partial charge in [-0.1, -0.05) is 35.3 Å². The molecule has 0 aliphatic heterocycles. The van der Waals surface area contributed by atoms with Crippen LogP contribution in [0.25, 0.3) is 0 Å². The molecule has 0 aliphatic rings. The van der Waals surface area contributed by atoms with Crippen molar-refractivity contribution in [2.45, 2.75) is 20.4 Å². The molecule has 0 atom stereocenters. The molecular formula is C15H15Cl2N. The molecule has 0 bridgehead atoms. The average molecular weight is 280 g/mol. The SMILES string of the molecule is Cc1ccc(NCc2ccc(Cl)c(Cl)c2)cc1C. The molecule has 94 valence electrons. The van der Waals surface area contributed by atoms with Crippen LogP contribution in [-0.2, 0) is 6.54 Å². The van der Waals surface area contributed by atoms with Crippen molar-refractivity contribution >= 4 is 28.9 Å². The Hall–Kier alpha value is -1.18. The van der Waals surface area contributed by atoms with Gasteiger partial charge in [0.1, 0.15) is 0 Å². The Balaban J connectivity index is 2.06. The Morgan fingerprint density at radius 2 is 1.67 bits per heavy atom. The molecule has 0 aliphatic carbocycles. The van der Waals surface area contributed by atoms with Crippen LogP contribution < -0.4 is 5.32 Å². The van der Waals surface area contributed by atoms with E-state index in [1.165, 1.54) is 11.1 Å². The number of nitrogens with one attached hydrogen (secondary N) is 1. The number of anilines is 1. The Morgan fingerprint density at radius 1 is 0.889 bits per heavy atom. The van der Waals surface area contributed by atoms with Crippen molar-refractivity contribution < 1.29 is 0 Å². The summed E-state index contributed by atoms with van der Waals surface area (Å²) in [6.07, 6.45) is 0. The van der Waals surface area contributed by atoms with E-state index in [1.807, 2.05) is 18.2 Å². The van der Waals surface area contributed by atoms with Crippen molar-refractivity contribution in [1.82, 2.24) is 0 Å². The summed E-state index contributed by atoms with van der Waals surface area (Å²) >= 11 is 11.9. The van der Waals surface area contributed by atoms with Crippen LogP contribution in [0.2, 0.25) is 10.0 Å². The minimum Gasteiger partial charge on any atom is -0.381 e. The zero-order chi connectivity index (χ0) is 13.1. The fraction of sp³-hybridized carbons (Fsp3) is 0.200. The molecule has 0 amide bonds. The molecule has 0 unspecified atom stereocenters. The van der Waals surface area contributed by atoms with E-state index in [-0.39, 0.29) is 0 Å². The minimum atomic E-state index is 0.589. The van der Waals surface area contributed by atoms with Gasteiger partial charge in [0.2, 0.25) is 0 Å². The van der Waals surface area contributed by atoms with Crippen molar-refractivity contribution in [3.63, 3.8) is 0 Å². The lowest BCUT2D eigenvalue weighted by Crippen LogP contribution is -1.99. The Labute approximate surface area is 118 Å². The number of halogens is 2. The molecule has 0 saturated heterocycles. The van der Waals surface area contributed by atoms with Gasteiger partial charge in [-0.05, 0) is 54.8 Å². The number of rotatable bonds is 3. The maximum atomic E-state index is 5.98. The van der Waals surface area contributed by atoms with Gasteiger partial charge in [-0.2, -0.15) is 0 Å². The highest BCUT2D eigenvalue weighted by molar-refractivity contribution is 6.42. The first-order valence-corrected chi connectivity index (χ1v) is 6.57. The Kier molecular flexibility index (Phi) is 4.15. The first-order valence-electron chi connectivity index (χ1n) is 5.81. The second-order valence-electron chi connectivity index (χ2n) is 4.40. The summed E-state index contributed by atoms with van der Waals surface area (Å²) in [5.74, 6) is 0. The summed E-state index contributed by atoms with van der Waals surface area (Å²) in [6.45, 7) is 4.96. The molecule has 0 heterocycles. The standard InChI is InChI=1S/C15H15Cl2N/c1-10-3-5-13(7-11(10)2)18-9-12-4-6-14(16)15(17)8-12/h3-8,18H,9H2,1-2H3. The van der Waals surface area contributed by atoms with E-state index in [0.29, 0.717) is 10.0 Å². The van der Waals surface area contributed by atoms with E-state index in [1.54, 1.807) is 0 Å². The van der Waals surface area contributed by atoms with Gasteiger partial charge in [-0.3, -0.25) is 0 Å². The molecule has 0 aromatic heterocycles.